The standard InChI is InChI=1S/C12H13F2NO4S/c13-12(14)20-6-7-3-4-9(19-7)10(16)15-5-1-2-8(15)11(17)18/h3-4,8,12H,1-2,5-6H2,(H,17,18)/t8-/m1/s1. The fourth-order valence-electron chi connectivity index (χ4n) is 2.12. The summed E-state index contributed by atoms with van der Waals surface area (Å²) in [5.41, 5.74) is 0. The molecule has 110 valence electrons. The number of carbonyl (C=O) groups excluding carboxylic acids is 1. The summed E-state index contributed by atoms with van der Waals surface area (Å²) in [5.74, 6) is -3.84. The number of amides is 1. The highest BCUT2D eigenvalue weighted by Gasteiger charge is 2.35. The van der Waals surface area contributed by atoms with Gasteiger partial charge in [-0.2, -0.15) is 8.78 Å². The van der Waals surface area contributed by atoms with Gasteiger partial charge >= 0.3 is 5.97 Å². The Morgan fingerprint density at radius 3 is 2.90 bits per heavy atom. The van der Waals surface area contributed by atoms with Gasteiger partial charge in [0.2, 0.25) is 0 Å². The summed E-state index contributed by atoms with van der Waals surface area (Å²) in [5, 5.41) is 9.02. The second-order valence-corrected chi connectivity index (χ2v) is 5.31. The molecule has 1 amide bonds. The van der Waals surface area contributed by atoms with E-state index in [4.69, 9.17) is 9.52 Å². The largest absolute Gasteiger partial charge is 0.480 e. The van der Waals surface area contributed by atoms with Gasteiger partial charge in [-0.1, -0.05) is 11.8 Å². The lowest BCUT2D eigenvalue weighted by atomic mass is 10.2. The van der Waals surface area contributed by atoms with E-state index in [0.717, 1.165) is 0 Å². The predicted molar refractivity (Wildman–Crippen MR) is 67.7 cm³/mol. The quantitative estimate of drug-likeness (QED) is 0.904. The second kappa shape index (κ2) is 6.25. The summed E-state index contributed by atoms with van der Waals surface area (Å²) >= 11 is 0.401. The van der Waals surface area contributed by atoms with Gasteiger partial charge in [-0.15, -0.1) is 0 Å². The monoisotopic (exact) mass is 305 g/mol. The van der Waals surface area contributed by atoms with E-state index in [1.807, 2.05) is 0 Å². The molecule has 0 bridgehead atoms. The van der Waals surface area contributed by atoms with Crippen molar-refractivity contribution in [3.05, 3.63) is 23.7 Å². The summed E-state index contributed by atoms with van der Waals surface area (Å²) in [6.45, 7) is 0.359. The highest BCUT2D eigenvalue weighted by atomic mass is 32.2. The normalized spacial score (nSPS) is 18.8. The van der Waals surface area contributed by atoms with Crippen LogP contribution in [0.5, 0.6) is 0 Å². The number of likely N-dealkylation sites (tertiary alicyclic amines) is 1. The van der Waals surface area contributed by atoms with Crippen molar-refractivity contribution in [2.45, 2.75) is 30.4 Å². The number of alkyl halides is 2. The Bertz CT molecular complexity index is 505. The van der Waals surface area contributed by atoms with Crippen LogP contribution in [0.15, 0.2) is 16.5 Å². The van der Waals surface area contributed by atoms with Gasteiger partial charge in [-0.3, -0.25) is 4.79 Å². The van der Waals surface area contributed by atoms with Crippen molar-refractivity contribution in [3.63, 3.8) is 0 Å². The van der Waals surface area contributed by atoms with Crippen molar-refractivity contribution in [2.24, 2.45) is 0 Å². The minimum atomic E-state index is -2.51. The van der Waals surface area contributed by atoms with E-state index in [0.29, 0.717) is 31.1 Å². The topological polar surface area (TPSA) is 70.8 Å². The molecule has 1 aliphatic heterocycles. The first-order chi connectivity index (χ1) is 9.49. The van der Waals surface area contributed by atoms with E-state index in [1.165, 1.54) is 17.0 Å². The van der Waals surface area contributed by atoms with Gasteiger partial charge in [-0.05, 0) is 25.0 Å². The molecule has 1 atom stereocenters. The molecule has 1 saturated heterocycles. The minimum Gasteiger partial charge on any atom is -0.480 e. The van der Waals surface area contributed by atoms with Crippen LogP contribution in [0.25, 0.3) is 0 Å². The van der Waals surface area contributed by atoms with Crippen molar-refractivity contribution in [2.75, 3.05) is 6.54 Å². The van der Waals surface area contributed by atoms with Gasteiger partial charge in [0.05, 0.1) is 5.75 Å². The maximum atomic E-state index is 12.1. The molecule has 0 spiro atoms. The number of rotatable bonds is 5. The highest BCUT2D eigenvalue weighted by molar-refractivity contribution is 7.98. The van der Waals surface area contributed by atoms with Crippen LogP contribution in [0.4, 0.5) is 8.78 Å². The fraction of sp³-hybridized carbons (Fsp3) is 0.500. The molecule has 0 saturated carbocycles. The highest BCUT2D eigenvalue weighted by Crippen LogP contribution is 2.24. The Kier molecular flexibility index (Phi) is 4.64. The first-order valence-corrected chi connectivity index (χ1v) is 7.06. The van der Waals surface area contributed by atoms with Gasteiger partial charge in [0, 0.05) is 6.54 Å². The lowest BCUT2D eigenvalue weighted by Crippen LogP contribution is -2.40. The molecule has 1 aromatic heterocycles. The van der Waals surface area contributed by atoms with Crippen molar-refractivity contribution in [1.29, 1.82) is 0 Å². The maximum Gasteiger partial charge on any atom is 0.326 e. The Labute approximate surface area is 117 Å². The summed E-state index contributed by atoms with van der Waals surface area (Å²) in [6, 6.07) is 2.00. The first-order valence-electron chi connectivity index (χ1n) is 6.01. The maximum absolute atomic E-state index is 12.1. The zero-order chi connectivity index (χ0) is 14.7. The lowest BCUT2D eigenvalue weighted by molar-refractivity contribution is -0.141. The molecule has 0 aromatic carbocycles. The van der Waals surface area contributed by atoms with Gasteiger partial charge in [0.15, 0.2) is 5.76 Å². The predicted octanol–water partition coefficient (Wildman–Crippen LogP) is 2.42. The minimum absolute atomic E-state index is 0.0111. The Balaban J connectivity index is 2.04. The van der Waals surface area contributed by atoms with Gasteiger partial charge in [-0.25, -0.2) is 4.79 Å². The first kappa shape index (κ1) is 14.8. The molecule has 8 heteroatoms. The van der Waals surface area contributed by atoms with Crippen molar-refractivity contribution in [3.8, 4) is 0 Å². The zero-order valence-corrected chi connectivity index (χ0v) is 11.2. The Morgan fingerprint density at radius 1 is 1.50 bits per heavy atom. The molecule has 2 rings (SSSR count). The molecule has 1 aliphatic rings. The van der Waals surface area contributed by atoms with Gasteiger partial charge in [0.1, 0.15) is 11.8 Å². The van der Waals surface area contributed by atoms with E-state index < -0.39 is 23.7 Å². The number of aliphatic carboxylic acids is 1. The van der Waals surface area contributed by atoms with Crippen molar-refractivity contribution in [1.82, 2.24) is 4.90 Å². The third-order valence-electron chi connectivity index (χ3n) is 3.02. The number of thioether (sulfide) groups is 1. The zero-order valence-electron chi connectivity index (χ0n) is 10.4. The number of hydrogen-bond donors (Lipinski definition) is 1. The molecule has 1 fully saturated rings. The average Bonchev–Trinajstić information content (AvgIpc) is 3.04. The van der Waals surface area contributed by atoms with Crippen molar-refractivity contribution >= 4 is 23.6 Å². The summed E-state index contributed by atoms with van der Waals surface area (Å²) in [6.07, 6.45) is 1.04. The van der Waals surface area contributed by atoms with Crippen LogP contribution >= 0.6 is 11.8 Å². The molecule has 1 aromatic rings. The van der Waals surface area contributed by atoms with Crippen LogP contribution in [-0.2, 0) is 10.5 Å². The third kappa shape index (κ3) is 3.30. The summed E-state index contributed by atoms with van der Waals surface area (Å²) in [4.78, 5) is 24.4. The molecular weight excluding hydrogens is 292 g/mol. The third-order valence-corrected chi connectivity index (χ3v) is 3.73. The Hall–Kier alpha value is -1.57. The van der Waals surface area contributed by atoms with E-state index in [1.54, 1.807) is 0 Å². The van der Waals surface area contributed by atoms with E-state index >= 15 is 0 Å². The van der Waals surface area contributed by atoms with Crippen molar-refractivity contribution < 1.29 is 27.9 Å². The van der Waals surface area contributed by atoms with E-state index in [-0.39, 0.29) is 17.3 Å². The average molecular weight is 305 g/mol. The molecular formula is C12H13F2NO4S. The van der Waals surface area contributed by atoms with Gasteiger partial charge < -0.3 is 14.4 Å². The van der Waals surface area contributed by atoms with Crippen LogP contribution in [0.1, 0.15) is 29.2 Å². The number of nitrogens with zero attached hydrogens (tertiary/aromatic N) is 1. The fourth-order valence-corrected chi connectivity index (χ4v) is 2.57. The molecule has 20 heavy (non-hydrogen) atoms. The van der Waals surface area contributed by atoms with Crippen LogP contribution in [0.3, 0.4) is 0 Å². The van der Waals surface area contributed by atoms with E-state index in [9.17, 15) is 18.4 Å². The molecule has 5 nitrogen and oxygen atoms in total. The molecule has 0 radical (unpaired) electrons. The van der Waals surface area contributed by atoms with Gasteiger partial charge in [0.25, 0.3) is 11.7 Å². The molecule has 0 unspecified atom stereocenters. The number of furan rings is 1. The molecule has 0 aliphatic carbocycles. The number of halogens is 2. The summed E-state index contributed by atoms with van der Waals surface area (Å²) in [7, 11) is 0. The SMILES string of the molecule is O=C(O)[C@H]1CCCN1C(=O)c1ccc(CSC(F)F)o1. The molecule has 1 N–H and O–H groups in total. The number of carboxylic acid groups (broad SMARTS) is 1. The number of carbonyl (C=O) groups is 2. The summed E-state index contributed by atoms with van der Waals surface area (Å²) < 4.78 is 29.3. The van der Waals surface area contributed by atoms with Crippen LogP contribution in [0.2, 0.25) is 0 Å². The van der Waals surface area contributed by atoms with Crippen LogP contribution < -0.4 is 0 Å². The second-order valence-electron chi connectivity index (χ2n) is 4.33. The lowest BCUT2D eigenvalue weighted by Gasteiger charge is -2.19. The van der Waals surface area contributed by atoms with Crippen LogP contribution in [0, 0.1) is 0 Å². The molecule has 2 heterocycles. The van der Waals surface area contributed by atoms with E-state index in [2.05, 4.69) is 0 Å². The smallest absolute Gasteiger partial charge is 0.326 e. The number of hydrogen-bond acceptors (Lipinski definition) is 4. The van der Waals surface area contributed by atoms with Crippen LogP contribution in [-0.4, -0.2) is 40.2 Å². The Morgan fingerprint density at radius 2 is 2.25 bits per heavy atom. The number of carboxylic acids is 1.